The van der Waals surface area contributed by atoms with Crippen molar-refractivity contribution in [3.05, 3.63) is 24.3 Å². The number of nitrogens with one attached hydrogen (secondary N) is 1. The number of carbonyl (C=O) groups excluding carboxylic acids is 2. The third kappa shape index (κ3) is 5.96. The van der Waals surface area contributed by atoms with Gasteiger partial charge in [0.05, 0.1) is 19.1 Å². The van der Waals surface area contributed by atoms with Gasteiger partial charge in [0.25, 0.3) is 0 Å². The predicted octanol–water partition coefficient (Wildman–Crippen LogP) is 3.67. The van der Waals surface area contributed by atoms with Crippen molar-refractivity contribution in [1.82, 2.24) is 4.90 Å². The number of unbranched alkanes of at least 4 members (excludes halogenated alkanes) is 1. The quantitative estimate of drug-likeness (QED) is 0.603. The smallest absolute Gasteiger partial charge is 0.321 e. The summed E-state index contributed by atoms with van der Waals surface area (Å²) >= 11 is 0. The maximum atomic E-state index is 12.4. The summed E-state index contributed by atoms with van der Waals surface area (Å²) in [5, 5.41) is 2.88. The van der Waals surface area contributed by atoms with Crippen LogP contribution in [0.5, 0.6) is 5.75 Å². The first kappa shape index (κ1) is 19.1. The van der Waals surface area contributed by atoms with Crippen LogP contribution < -0.4 is 10.1 Å². The van der Waals surface area contributed by atoms with Crippen LogP contribution in [0.15, 0.2) is 24.3 Å². The molecule has 25 heavy (non-hydrogen) atoms. The Morgan fingerprint density at radius 2 is 2.00 bits per heavy atom. The number of urea groups is 1. The molecule has 0 spiro atoms. The van der Waals surface area contributed by atoms with E-state index in [2.05, 4.69) is 12.2 Å². The highest BCUT2D eigenvalue weighted by Gasteiger charge is 2.29. The van der Waals surface area contributed by atoms with Gasteiger partial charge in [0.15, 0.2) is 0 Å². The number of nitrogens with zero attached hydrogens (tertiary/aromatic N) is 1. The predicted molar refractivity (Wildman–Crippen MR) is 96.8 cm³/mol. The zero-order chi connectivity index (χ0) is 18.1. The van der Waals surface area contributed by atoms with Crippen LogP contribution >= 0.6 is 0 Å². The number of piperidine rings is 1. The molecule has 1 unspecified atom stereocenters. The van der Waals surface area contributed by atoms with Crippen LogP contribution in [-0.4, -0.2) is 43.2 Å². The highest BCUT2D eigenvalue weighted by Crippen LogP contribution is 2.20. The molecular formula is C19H28N2O4. The molecule has 1 saturated heterocycles. The molecule has 6 nitrogen and oxygen atoms in total. The second kappa shape index (κ2) is 9.91. The van der Waals surface area contributed by atoms with E-state index in [9.17, 15) is 9.59 Å². The Balaban J connectivity index is 1.85. The SMILES string of the molecule is CCCCOc1ccc(NC(=O)N2CCCC(C(=O)OCC)C2)cc1. The van der Waals surface area contributed by atoms with Gasteiger partial charge in [0, 0.05) is 18.8 Å². The fourth-order valence-electron chi connectivity index (χ4n) is 2.79. The van der Waals surface area contributed by atoms with E-state index in [1.807, 2.05) is 24.3 Å². The molecule has 0 saturated carbocycles. The van der Waals surface area contributed by atoms with Crippen molar-refractivity contribution >= 4 is 17.7 Å². The van der Waals surface area contributed by atoms with E-state index >= 15 is 0 Å². The first-order chi connectivity index (χ1) is 12.1. The third-order valence-electron chi connectivity index (χ3n) is 4.20. The number of likely N-dealkylation sites (tertiary alicyclic amines) is 1. The molecule has 2 rings (SSSR count). The van der Waals surface area contributed by atoms with Crippen molar-refractivity contribution in [1.29, 1.82) is 0 Å². The maximum Gasteiger partial charge on any atom is 0.321 e. The molecule has 0 bridgehead atoms. The van der Waals surface area contributed by atoms with Gasteiger partial charge in [-0.25, -0.2) is 4.79 Å². The lowest BCUT2D eigenvalue weighted by Crippen LogP contribution is -2.44. The Bertz CT molecular complexity index is 559. The summed E-state index contributed by atoms with van der Waals surface area (Å²) in [5.74, 6) is 0.356. The molecule has 0 aliphatic carbocycles. The molecule has 0 radical (unpaired) electrons. The number of amides is 2. The molecule has 1 aliphatic rings. The van der Waals surface area contributed by atoms with Crippen LogP contribution in [0, 0.1) is 5.92 Å². The van der Waals surface area contributed by atoms with Crippen molar-refractivity contribution in [3.8, 4) is 5.75 Å². The fraction of sp³-hybridized carbons (Fsp3) is 0.579. The minimum atomic E-state index is -0.228. The lowest BCUT2D eigenvalue weighted by atomic mass is 9.98. The minimum absolute atomic E-state index is 0.186. The van der Waals surface area contributed by atoms with E-state index in [-0.39, 0.29) is 17.9 Å². The Morgan fingerprint density at radius 1 is 1.24 bits per heavy atom. The standard InChI is InChI=1S/C19H28N2O4/c1-3-5-13-25-17-10-8-16(9-11-17)20-19(23)21-12-6-7-15(14-21)18(22)24-4-2/h8-11,15H,3-7,12-14H2,1-2H3,(H,20,23). The van der Waals surface area contributed by atoms with Gasteiger partial charge in [0.1, 0.15) is 5.75 Å². The normalized spacial score (nSPS) is 17.0. The van der Waals surface area contributed by atoms with Crippen molar-refractivity contribution in [2.45, 2.75) is 39.5 Å². The zero-order valence-electron chi connectivity index (χ0n) is 15.1. The molecule has 0 aromatic heterocycles. The summed E-state index contributed by atoms with van der Waals surface area (Å²) in [7, 11) is 0. The number of hydrogen-bond donors (Lipinski definition) is 1. The largest absolute Gasteiger partial charge is 0.494 e. The van der Waals surface area contributed by atoms with Gasteiger partial charge in [-0.15, -0.1) is 0 Å². The number of anilines is 1. The van der Waals surface area contributed by atoms with E-state index in [4.69, 9.17) is 9.47 Å². The average Bonchev–Trinajstić information content (AvgIpc) is 2.63. The van der Waals surface area contributed by atoms with Gasteiger partial charge in [0.2, 0.25) is 0 Å². The van der Waals surface area contributed by atoms with E-state index < -0.39 is 0 Å². The number of ether oxygens (including phenoxy) is 2. The van der Waals surface area contributed by atoms with Gasteiger partial charge < -0.3 is 19.7 Å². The van der Waals surface area contributed by atoms with Crippen LogP contribution in [0.4, 0.5) is 10.5 Å². The number of esters is 1. The first-order valence-corrected chi connectivity index (χ1v) is 9.09. The number of hydrogen-bond acceptors (Lipinski definition) is 4. The van der Waals surface area contributed by atoms with Gasteiger partial charge in [-0.2, -0.15) is 0 Å². The van der Waals surface area contributed by atoms with Crippen molar-refractivity contribution in [3.63, 3.8) is 0 Å². The van der Waals surface area contributed by atoms with Crippen LogP contribution in [0.3, 0.4) is 0 Å². The molecule has 1 aromatic carbocycles. The van der Waals surface area contributed by atoms with Crippen LogP contribution in [0.2, 0.25) is 0 Å². The molecule has 2 amide bonds. The van der Waals surface area contributed by atoms with Crippen molar-refractivity contribution in [2.75, 3.05) is 31.6 Å². The van der Waals surface area contributed by atoms with E-state index in [1.165, 1.54) is 0 Å². The number of rotatable bonds is 7. The number of carbonyl (C=O) groups is 2. The summed E-state index contributed by atoms with van der Waals surface area (Å²) in [6, 6.07) is 7.16. The maximum absolute atomic E-state index is 12.4. The zero-order valence-corrected chi connectivity index (χ0v) is 15.1. The summed E-state index contributed by atoms with van der Waals surface area (Å²) < 4.78 is 10.7. The van der Waals surface area contributed by atoms with Gasteiger partial charge in [-0.05, 0) is 50.5 Å². The molecule has 1 aliphatic heterocycles. The van der Waals surface area contributed by atoms with Gasteiger partial charge in [-0.3, -0.25) is 4.79 Å². The molecule has 138 valence electrons. The van der Waals surface area contributed by atoms with Crippen molar-refractivity contribution in [2.24, 2.45) is 5.92 Å². The molecule has 1 atom stereocenters. The van der Waals surface area contributed by atoms with Crippen molar-refractivity contribution < 1.29 is 19.1 Å². The second-order valence-corrected chi connectivity index (χ2v) is 6.19. The Morgan fingerprint density at radius 3 is 2.68 bits per heavy atom. The van der Waals surface area contributed by atoms with E-state index in [1.54, 1.807) is 11.8 Å². The van der Waals surface area contributed by atoms with Crippen LogP contribution in [0.1, 0.15) is 39.5 Å². The molecule has 1 N–H and O–H groups in total. The first-order valence-electron chi connectivity index (χ1n) is 9.09. The highest BCUT2D eigenvalue weighted by molar-refractivity contribution is 5.89. The summed E-state index contributed by atoms with van der Waals surface area (Å²) in [6.07, 6.45) is 3.69. The Kier molecular flexibility index (Phi) is 7.57. The molecule has 1 fully saturated rings. The van der Waals surface area contributed by atoms with E-state index in [0.29, 0.717) is 32.0 Å². The Labute approximate surface area is 149 Å². The lowest BCUT2D eigenvalue weighted by molar-refractivity contribution is -0.149. The second-order valence-electron chi connectivity index (χ2n) is 6.19. The third-order valence-corrected chi connectivity index (χ3v) is 4.20. The van der Waals surface area contributed by atoms with Crippen LogP contribution in [0.25, 0.3) is 0 Å². The summed E-state index contributed by atoms with van der Waals surface area (Å²) in [4.78, 5) is 26.0. The highest BCUT2D eigenvalue weighted by atomic mass is 16.5. The minimum Gasteiger partial charge on any atom is -0.494 e. The molecule has 6 heteroatoms. The summed E-state index contributed by atoms with van der Waals surface area (Å²) in [6.45, 7) is 6.04. The average molecular weight is 348 g/mol. The van der Waals surface area contributed by atoms with Crippen LogP contribution in [-0.2, 0) is 9.53 Å². The monoisotopic (exact) mass is 348 g/mol. The fourth-order valence-corrected chi connectivity index (χ4v) is 2.79. The van der Waals surface area contributed by atoms with Gasteiger partial charge >= 0.3 is 12.0 Å². The topological polar surface area (TPSA) is 67.9 Å². The van der Waals surface area contributed by atoms with Gasteiger partial charge in [-0.1, -0.05) is 13.3 Å². The molecule has 1 heterocycles. The number of benzene rings is 1. The lowest BCUT2D eigenvalue weighted by Gasteiger charge is -2.31. The Hall–Kier alpha value is -2.24. The summed E-state index contributed by atoms with van der Waals surface area (Å²) in [5.41, 5.74) is 0.714. The van der Waals surface area contributed by atoms with E-state index in [0.717, 1.165) is 31.4 Å². The molecule has 1 aromatic rings. The molecular weight excluding hydrogens is 320 g/mol.